The minimum atomic E-state index is 0. The molecule has 0 bridgehead atoms. The maximum atomic E-state index is 12.1. The van der Waals surface area contributed by atoms with Crippen LogP contribution in [-0.2, 0) is 7.05 Å². The molecule has 0 aromatic carbocycles. The number of nitrogens with two attached hydrogens (primary N) is 1. The lowest BCUT2D eigenvalue weighted by atomic mass is 10.2. The molecule has 0 saturated carbocycles. The van der Waals surface area contributed by atoms with E-state index in [4.69, 9.17) is 5.73 Å². The van der Waals surface area contributed by atoms with Crippen molar-refractivity contribution in [3.8, 4) is 0 Å². The first-order valence-corrected chi connectivity index (χ1v) is 5.36. The molecule has 5 heteroatoms. The van der Waals surface area contributed by atoms with Gasteiger partial charge in [0.25, 0.3) is 5.91 Å². The van der Waals surface area contributed by atoms with Crippen molar-refractivity contribution in [1.82, 2.24) is 9.47 Å². The Morgan fingerprint density at radius 3 is 2.94 bits per heavy atom. The lowest BCUT2D eigenvalue weighted by molar-refractivity contribution is 0.0731. The van der Waals surface area contributed by atoms with Crippen molar-refractivity contribution in [2.45, 2.75) is 18.9 Å². The fourth-order valence-corrected chi connectivity index (χ4v) is 2.18. The monoisotopic (exact) mass is 243 g/mol. The van der Waals surface area contributed by atoms with E-state index >= 15 is 0 Å². The smallest absolute Gasteiger partial charge is 0.270 e. The summed E-state index contributed by atoms with van der Waals surface area (Å²) in [6, 6.07) is 3.97. The van der Waals surface area contributed by atoms with Gasteiger partial charge in [0.15, 0.2) is 0 Å². The topological polar surface area (TPSA) is 51.3 Å². The molecule has 1 amide bonds. The number of rotatable bonds is 2. The summed E-state index contributed by atoms with van der Waals surface area (Å²) in [5.41, 5.74) is 6.40. The van der Waals surface area contributed by atoms with Gasteiger partial charge in [-0.15, -0.1) is 12.4 Å². The SMILES string of the molecule is Cl.Cn1cccc1C(=O)N1CCCC1CN. The van der Waals surface area contributed by atoms with Crippen molar-refractivity contribution in [3.05, 3.63) is 24.0 Å². The quantitative estimate of drug-likeness (QED) is 0.843. The van der Waals surface area contributed by atoms with Gasteiger partial charge in [0, 0.05) is 32.4 Å². The molecular formula is C11H18ClN3O. The molecule has 4 nitrogen and oxygen atoms in total. The molecule has 1 aliphatic heterocycles. The van der Waals surface area contributed by atoms with Gasteiger partial charge in [0.2, 0.25) is 0 Å². The first-order valence-electron chi connectivity index (χ1n) is 5.36. The van der Waals surface area contributed by atoms with Crippen LogP contribution in [-0.4, -0.2) is 34.5 Å². The van der Waals surface area contributed by atoms with Crippen LogP contribution >= 0.6 is 12.4 Å². The average molecular weight is 244 g/mol. The van der Waals surface area contributed by atoms with Crippen LogP contribution in [0, 0.1) is 0 Å². The Morgan fingerprint density at radius 1 is 1.62 bits per heavy atom. The third kappa shape index (κ3) is 2.23. The third-order valence-corrected chi connectivity index (χ3v) is 3.07. The molecule has 1 aromatic rings. The van der Waals surface area contributed by atoms with Gasteiger partial charge >= 0.3 is 0 Å². The van der Waals surface area contributed by atoms with E-state index in [1.54, 1.807) is 0 Å². The molecule has 2 N–H and O–H groups in total. The van der Waals surface area contributed by atoms with Crippen LogP contribution in [0.4, 0.5) is 0 Å². The van der Waals surface area contributed by atoms with Crippen LogP contribution in [0.15, 0.2) is 18.3 Å². The molecule has 0 radical (unpaired) electrons. The Kier molecular flexibility index (Phi) is 4.38. The lowest BCUT2D eigenvalue weighted by Crippen LogP contribution is -2.40. The second kappa shape index (κ2) is 5.37. The van der Waals surface area contributed by atoms with Crippen molar-refractivity contribution >= 4 is 18.3 Å². The number of carbonyl (C=O) groups is 1. The predicted octanol–water partition coefficient (Wildman–Crippen LogP) is 1.01. The maximum Gasteiger partial charge on any atom is 0.270 e. The van der Waals surface area contributed by atoms with Crippen molar-refractivity contribution in [2.75, 3.05) is 13.1 Å². The van der Waals surface area contributed by atoms with E-state index in [1.165, 1.54) is 0 Å². The van der Waals surface area contributed by atoms with Crippen LogP contribution in [0.2, 0.25) is 0 Å². The molecule has 2 heterocycles. The fraction of sp³-hybridized carbons (Fsp3) is 0.545. The largest absolute Gasteiger partial charge is 0.347 e. The fourth-order valence-electron chi connectivity index (χ4n) is 2.18. The minimum absolute atomic E-state index is 0. The van der Waals surface area contributed by atoms with Crippen molar-refractivity contribution < 1.29 is 4.79 Å². The van der Waals surface area contributed by atoms with E-state index in [9.17, 15) is 4.79 Å². The van der Waals surface area contributed by atoms with Crippen LogP contribution in [0.1, 0.15) is 23.3 Å². The molecule has 1 aromatic heterocycles. The average Bonchev–Trinajstić information content (AvgIpc) is 2.84. The summed E-state index contributed by atoms with van der Waals surface area (Å²) in [5.74, 6) is 0.107. The Balaban J connectivity index is 0.00000128. The Hall–Kier alpha value is -1.00. The summed E-state index contributed by atoms with van der Waals surface area (Å²) < 4.78 is 1.86. The molecule has 90 valence electrons. The van der Waals surface area contributed by atoms with Gasteiger partial charge in [-0.3, -0.25) is 4.79 Å². The molecule has 1 aliphatic rings. The predicted molar refractivity (Wildman–Crippen MR) is 65.8 cm³/mol. The van der Waals surface area contributed by atoms with Gasteiger partial charge in [0.05, 0.1) is 0 Å². The summed E-state index contributed by atoms with van der Waals surface area (Å²) in [6.45, 7) is 1.40. The van der Waals surface area contributed by atoms with E-state index in [2.05, 4.69) is 0 Å². The summed E-state index contributed by atoms with van der Waals surface area (Å²) in [7, 11) is 1.89. The molecule has 0 spiro atoms. The zero-order valence-electron chi connectivity index (χ0n) is 9.43. The van der Waals surface area contributed by atoms with Crippen molar-refractivity contribution in [1.29, 1.82) is 0 Å². The number of amides is 1. The molecule has 2 rings (SSSR count). The Morgan fingerprint density at radius 2 is 2.38 bits per heavy atom. The summed E-state index contributed by atoms with van der Waals surface area (Å²) in [6.07, 6.45) is 3.99. The minimum Gasteiger partial charge on any atom is -0.347 e. The van der Waals surface area contributed by atoms with Gasteiger partial charge < -0.3 is 15.2 Å². The van der Waals surface area contributed by atoms with E-state index in [0.717, 1.165) is 25.1 Å². The number of nitrogens with zero attached hydrogens (tertiary/aromatic N) is 2. The molecule has 1 saturated heterocycles. The van der Waals surface area contributed by atoms with E-state index in [0.29, 0.717) is 6.54 Å². The maximum absolute atomic E-state index is 12.1. The number of likely N-dealkylation sites (tertiary alicyclic amines) is 1. The molecule has 1 unspecified atom stereocenters. The van der Waals surface area contributed by atoms with Crippen LogP contribution in [0.3, 0.4) is 0 Å². The second-order valence-electron chi connectivity index (χ2n) is 4.03. The Labute approximate surface area is 102 Å². The van der Waals surface area contributed by atoms with E-state index < -0.39 is 0 Å². The Bertz CT molecular complexity index is 364. The van der Waals surface area contributed by atoms with Crippen LogP contribution in [0.25, 0.3) is 0 Å². The second-order valence-corrected chi connectivity index (χ2v) is 4.03. The zero-order chi connectivity index (χ0) is 10.8. The standard InChI is InChI=1S/C11H17N3O.ClH/c1-13-6-3-5-10(13)11(15)14-7-2-4-9(14)8-12;/h3,5-6,9H,2,4,7-8,12H2,1H3;1H. The van der Waals surface area contributed by atoms with Gasteiger partial charge in [-0.1, -0.05) is 0 Å². The van der Waals surface area contributed by atoms with Gasteiger partial charge in [-0.2, -0.15) is 0 Å². The number of aromatic nitrogens is 1. The summed E-state index contributed by atoms with van der Waals surface area (Å²) >= 11 is 0. The molecular weight excluding hydrogens is 226 g/mol. The highest BCUT2D eigenvalue weighted by atomic mass is 35.5. The van der Waals surface area contributed by atoms with Crippen molar-refractivity contribution in [2.24, 2.45) is 12.8 Å². The zero-order valence-corrected chi connectivity index (χ0v) is 10.2. The van der Waals surface area contributed by atoms with E-state index in [1.807, 2.05) is 34.8 Å². The highest BCUT2D eigenvalue weighted by Gasteiger charge is 2.29. The molecule has 0 aliphatic carbocycles. The summed E-state index contributed by atoms with van der Waals surface area (Å²) in [4.78, 5) is 14.0. The highest BCUT2D eigenvalue weighted by Crippen LogP contribution is 2.19. The number of halogens is 1. The lowest BCUT2D eigenvalue weighted by Gasteiger charge is -2.23. The molecule has 1 atom stereocenters. The first-order chi connectivity index (χ1) is 7.24. The first kappa shape index (κ1) is 13.1. The highest BCUT2D eigenvalue weighted by molar-refractivity contribution is 5.93. The normalized spacial score (nSPS) is 19.6. The van der Waals surface area contributed by atoms with Gasteiger partial charge in [-0.25, -0.2) is 0 Å². The molecule has 1 fully saturated rings. The molecule has 16 heavy (non-hydrogen) atoms. The number of hydrogen-bond donors (Lipinski definition) is 1. The van der Waals surface area contributed by atoms with Gasteiger partial charge in [-0.05, 0) is 25.0 Å². The number of hydrogen-bond acceptors (Lipinski definition) is 2. The number of carbonyl (C=O) groups excluding carboxylic acids is 1. The van der Waals surface area contributed by atoms with E-state index in [-0.39, 0.29) is 24.4 Å². The summed E-state index contributed by atoms with van der Waals surface area (Å²) in [5, 5.41) is 0. The third-order valence-electron chi connectivity index (χ3n) is 3.07. The number of aryl methyl sites for hydroxylation is 1. The van der Waals surface area contributed by atoms with Crippen LogP contribution < -0.4 is 5.73 Å². The van der Waals surface area contributed by atoms with Crippen molar-refractivity contribution in [3.63, 3.8) is 0 Å². The van der Waals surface area contributed by atoms with Crippen LogP contribution in [0.5, 0.6) is 0 Å². The van der Waals surface area contributed by atoms with Gasteiger partial charge in [0.1, 0.15) is 5.69 Å².